The molecule has 0 aliphatic carbocycles. The van der Waals surface area contributed by atoms with Crippen molar-refractivity contribution in [2.24, 2.45) is 5.92 Å². The quantitative estimate of drug-likeness (QED) is 0.796. The van der Waals surface area contributed by atoms with E-state index in [9.17, 15) is 9.59 Å². The van der Waals surface area contributed by atoms with Crippen LogP contribution in [0.4, 0.5) is 0 Å². The van der Waals surface area contributed by atoms with E-state index in [0.29, 0.717) is 25.4 Å². The Morgan fingerprint density at radius 3 is 2.33 bits per heavy atom. The average molecular weight is 418 g/mol. The van der Waals surface area contributed by atoms with Crippen molar-refractivity contribution in [1.82, 2.24) is 14.7 Å². The van der Waals surface area contributed by atoms with E-state index < -0.39 is 5.97 Å². The molecule has 2 aliphatic rings. The number of benzene rings is 1. The van der Waals surface area contributed by atoms with Gasteiger partial charge in [0.25, 0.3) is 5.97 Å². The lowest BCUT2D eigenvalue weighted by Crippen LogP contribution is -2.53. The van der Waals surface area contributed by atoms with Crippen LogP contribution in [-0.2, 0) is 20.9 Å². The summed E-state index contributed by atoms with van der Waals surface area (Å²) in [4.78, 5) is 39.8. The van der Waals surface area contributed by atoms with Crippen LogP contribution in [0.2, 0.25) is 0 Å². The van der Waals surface area contributed by atoms with Gasteiger partial charge in [0.1, 0.15) is 0 Å². The summed E-state index contributed by atoms with van der Waals surface area (Å²) in [6.07, 6.45) is 1.59. The third-order valence-corrected chi connectivity index (χ3v) is 5.57. The zero-order chi connectivity index (χ0) is 22.3. The Bertz CT molecular complexity index is 728. The molecule has 30 heavy (non-hydrogen) atoms. The second-order valence-corrected chi connectivity index (χ2v) is 8.60. The highest BCUT2D eigenvalue weighted by atomic mass is 16.4. The molecule has 1 aromatic rings. The van der Waals surface area contributed by atoms with Gasteiger partial charge >= 0.3 is 0 Å². The highest BCUT2D eigenvalue weighted by Crippen LogP contribution is 2.21. The monoisotopic (exact) mass is 417 g/mol. The van der Waals surface area contributed by atoms with Gasteiger partial charge in [-0.2, -0.15) is 0 Å². The van der Waals surface area contributed by atoms with Crippen LogP contribution >= 0.6 is 0 Å². The number of piperidine rings is 1. The van der Waals surface area contributed by atoms with Crippen molar-refractivity contribution in [1.29, 1.82) is 0 Å². The van der Waals surface area contributed by atoms with Gasteiger partial charge in [0.15, 0.2) is 0 Å². The Morgan fingerprint density at radius 2 is 1.77 bits per heavy atom. The molecule has 166 valence electrons. The van der Waals surface area contributed by atoms with Gasteiger partial charge < -0.3 is 14.9 Å². The molecule has 0 bridgehead atoms. The predicted molar refractivity (Wildman–Crippen MR) is 116 cm³/mol. The summed E-state index contributed by atoms with van der Waals surface area (Å²) in [6, 6.07) is 8.67. The van der Waals surface area contributed by atoms with E-state index in [1.54, 1.807) is 0 Å². The molecule has 1 unspecified atom stereocenters. The number of likely N-dealkylation sites (tertiary alicyclic amines) is 1. The van der Waals surface area contributed by atoms with E-state index in [1.807, 2.05) is 9.80 Å². The van der Waals surface area contributed by atoms with E-state index >= 15 is 0 Å². The Kier molecular flexibility index (Phi) is 8.84. The maximum atomic E-state index is 12.6. The van der Waals surface area contributed by atoms with Crippen molar-refractivity contribution in [3.8, 4) is 0 Å². The molecule has 0 radical (unpaired) electrons. The molecule has 3 rings (SSSR count). The lowest BCUT2D eigenvalue weighted by atomic mass is 9.95. The summed E-state index contributed by atoms with van der Waals surface area (Å²) in [5.74, 6) is 0.131. The van der Waals surface area contributed by atoms with Gasteiger partial charge in [-0.1, -0.05) is 29.8 Å². The average Bonchev–Trinajstić information content (AvgIpc) is 2.66. The van der Waals surface area contributed by atoms with Crippen molar-refractivity contribution in [3.05, 3.63) is 35.4 Å². The van der Waals surface area contributed by atoms with E-state index in [-0.39, 0.29) is 17.9 Å². The molecule has 2 amide bonds. The van der Waals surface area contributed by atoms with Crippen LogP contribution in [0.1, 0.15) is 44.7 Å². The number of aliphatic carboxylic acids is 1. The maximum absolute atomic E-state index is 12.6. The number of rotatable bonds is 5. The molecule has 1 N–H and O–H groups in total. The summed E-state index contributed by atoms with van der Waals surface area (Å²) < 4.78 is 0. The highest BCUT2D eigenvalue weighted by molar-refractivity contribution is 5.79. The van der Waals surface area contributed by atoms with Crippen LogP contribution in [0.15, 0.2) is 24.3 Å². The number of hydrogen-bond donors (Lipinski definition) is 1. The van der Waals surface area contributed by atoms with Crippen LogP contribution in [0.5, 0.6) is 0 Å². The van der Waals surface area contributed by atoms with Crippen molar-refractivity contribution < 1.29 is 19.5 Å². The molecule has 2 heterocycles. The SMILES string of the molecule is CC(=O)O.Cc1ccc(CN2CCN(CC3CCC(=O)N(C(C)C)C3)CC2=O)cc1. The topological polar surface area (TPSA) is 81.2 Å². The van der Waals surface area contributed by atoms with Gasteiger partial charge in [-0.3, -0.25) is 19.3 Å². The molecule has 0 saturated carbocycles. The second kappa shape index (κ2) is 11.1. The zero-order valence-corrected chi connectivity index (χ0v) is 18.6. The number of carboxylic acids is 1. The number of nitrogens with zero attached hydrogens (tertiary/aromatic N) is 3. The number of carbonyl (C=O) groups excluding carboxylic acids is 2. The fourth-order valence-electron chi connectivity index (χ4n) is 3.95. The summed E-state index contributed by atoms with van der Waals surface area (Å²) in [5, 5.41) is 7.42. The maximum Gasteiger partial charge on any atom is 0.300 e. The Morgan fingerprint density at radius 1 is 1.13 bits per heavy atom. The first kappa shape index (κ1) is 23.9. The Labute approximate surface area is 179 Å². The molecule has 7 heteroatoms. The van der Waals surface area contributed by atoms with Crippen LogP contribution in [0, 0.1) is 12.8 Å². The number of carbonyl (C=O) groups is 3. The lowest BCUT2D eigenvalue weighted by Gasteiger charge is -2.40. The lowest BCUT2D eigenvalue weighted by molar-refractivity contribution is -0.140. The number of amides is 2. The minimum atomic E-state index is -0.833. The molecule has 1 atom stereocenters. The number of piperazine rings is 1. The minimum Gasteiger partial charge on any atom is -0.481 e. The van der Waals surface area contributed by atoms with Crippen LogP contribution in [0.25, 0.3) is 0 Å². The summed E-state index contributed by atoms with van der Waals surface area (Å²) in [6.45, 7) is 12.0. The van der Waals surface area contributed by atoms with E-state index in [2.05, 4.69) is 49.9 Å². The zero-order valence-electron chi connectivity index (χ0n) is 18.6. The normalized spacial score (nSPS) is 20.2. The minimum absolute atomic E-state index is 0.212. The van der Waals surface area contributed by atoms with Crippen LogP contribution in [0.3, 0.4) is 0 Å². The first-order valence-corrected chi connectivity index (χ1v) is 10.7. The Balaban J connectivity index is 0.000000735. The van der Waals surface area contributed by atoms with Crippen molar-refractivity contribution in [3.63, 3.8) is 0 Å². The van der Waals surface area contributed by atoms with Gasteiger partial charge in [0, 0.05) is 52.1 Å². The van der Waals surface area contributed by atoms with E-state index in [0.717, 1.165) is 39.5 Å². The number of hydrogen-bond acceptors (Lipinski definition) is 4. The largest absolute Gasteiger partial charge is 0.481 e. The van der Waals surface area contributed by atoms with Crippen molar-refractivity contribution in [2.45, 2.75) is 53.1 Å². The summed E-state index contributed by atoms with van der Waals surface area (Å²) in [7, 11) is 0. The fraction of sp³-hybridized carbons (Fsp3) is 0.609. The van der Waals surface area contributed by atoms with Gasteiger partial charge in [0.05, 0.1) is 6.54 Å². The first-order chi connectivity index (χ1) is 14.2. The number of aryl methyl sites for hydroxylation is 1. The van der Waals surface area contributed by atoms with Crippen LogP contribution < -0.4 is 0 Å². The molecule has 2 fully saturated rings. The van der Waals surface area contributed by atoms with Crippen molar-refractivity contribution in [2.75, 3.05) is 32.7 Å². The van der Waals surface area contributed by atoms with E-state index in [1.165, 1.54) is 11.1 Å². The van der Waals surface area contributed by atoms with Crippen LogP contribution in [-0.4, -0.2) is 76.4 Å². The predicted octanol–water partition coefficient (Wildman–Crippen LogP) is 2.38. The molecule has 0 aromatic heterocycles. The second-order valence-electron chi connectivity index (χ2n) is 8.60. The van der Waals surface area contributed by atoms with Gasteiger partial charge in [0.2, 0.25) is 11.8 Å². The molecule has 7 nitrogen and oxygen atoms in total. The fourth-order valence-corrected chi connectivity index (χ4v) is 3.95. The number of carboxylic acid groups (broad SMARTS) is 1. The Hall–Kier alpha value is -2.41. The van der Waals surface area contributed by atoms with E-state index in [4.69, 9.17) is 9.90 Å². The molecule has 2 saturated heterocycles. The smallest absolute Gasteiger partial charge is 0.300 e. The highest BCUT2D eigenvalue weighted by Gasteiger charge is 2.31. The summed E-state index contributed by atoms with van der Waals surface area (Å²) >= 11 is 0. The summed E-state index contributed by atoms with van der Waals surface area (Å²) in [5.41, 5.74) is 2.43. The molecule has 0 spiro atoms. The van der Waals surface area contributed by atoms with Crippen molar-refractivity contribution >= 4 is 17.8 Å². The molecule has 2 aliphatic heterocycles. The molecular formula is C23H35N3O4. The van der Waals surface area contributed by atoms with Gasteiger partial charge in [-0.05, 0) is 38.7 Å². The molecular weight excluding hydrogens is 382 g/mol. The standard InChI is InChI=1S/C21H31N3O2.C2H4O2/c1-16(2)24-14-19(8-9-20(24)25)12-22-10-11-23(21(26)15-22)13-18-6-4-17(3)5-7-18;1-2(3)4/h4-7,16,19H,8-15H2,1-3H3;1H3,(H,3,4). The third-order valence-electron chi connectivity index (χ3n) is 5.57. The van der Waals surface area contributed by atoms with Gasteiger partial charge in [-0.15, -0.1) is 0 Å². The molecule has 1 aromatic carbocycles. The third kappa shape index (κ3) is 7.44. The van der Waals surface area contributed by atoms with Gasteiger partial charge in [-0.25, -0.2) is 0 Å². The first-order valence-electron chi connectivity index (χ1n) is 10.7.